The summed E-state index contributed by atoms with van der Waals surface area (Å²) < 4.78 is 16.9. The Bertz CT molecular complexity index is 1070. The van der Waals surface area contributed by atoms with Crippen LogP contribution in [-0.4, -0.2) is 25.7 Å². The minimum Gasteiger partial charge on any atom is -0.494 e. The van der Waals surface area contributed by atoms with Gasteiger partial charge in [0, 0.05) is 33.5 Å². The number of fused-ring (bicyclic) bond motifs is 1. The molecule has 0 saturated carbocycles. The number of benzene rings is 3. The first-order chi connectivity index (χ1) is 15.1. The molecule has 0 fully saturated rings. The summed E-state index contributed by atoms with van der Waals surface area (Å²) in [5.41, 5.74) is 3.47. The smallest absolute Gasteiger partial charge is 0.255 e. The van der Waals surface area contributed by atoms with Gasteiger partial charge in [0.15, 0.2) is 11.5 Å². The van der Waals surface area contributed by atoms with E-state index in [9.17, 15) is 4.79 Å². The highest BCUT2D eigenvalue weighted by Crippen LogP contribution is 2.33. The molecule has 31 heavy (non-hydrogen) atoms. The molecule has 3 aromatic carbocycles. The molecular formula is C25H25NO4S. The van der Waals surface area contributed by atoms with Crippen molar-refractivity contribution in [2.75, 3.05) is 25.1 Å². The van der Waals surface area contributed by atoms with Crippen LogP contribution in [0.5, 0.6) is 17.2 Å². The summed E-state index contributed by atoms with van der Waals surface area (Å²) in [5.74, 6) is 2.68. The maximum atomic E-state index is 12.9. The first-order valence-electron chi connectivity index (χ1n) is 10.3. The van der Waals surface area contributed by atoms with Crippen LogP contribution in [0, 0.1) is 6.92 Å². The molecule has 1 amide bonds. The number of rotatable bonds is 7. The number of nitrogens with one attached hydrogen (secondary N) is 1. The highest BCUT2D eigenvalue weighted by molar-refractivity contribution is 7.98. The number of anilines is 1. The second-order valence-electron chi connectivity index (χ2n) is 7.17. The zero-order valence-electron chi connectivity index (χ0n) is 17.6. The van der Waals surface area contributed by atoms with Crippen LogP contribution in [0.2, 0.25) is 0 Å². The topological polar surface area (TPSA) is 56.8 Å². The zero-order valence-corrected chi connectivity index (χ0v) is 18.5. The van der Waals surface area contributed by atoms with Gasteiger partial charge in [-0.1, -0.05) is 17.7 Å². The molecule has 0 bridgehead atoms. The molecule has 0 saturated heterocycles. The summed E-state index contributed by atoms with van der Waals surface area (Å²) in [6.45, 7) is 5.65. The Kier molecular flexibility index (Phi) is 6.67. The largest absolute Gasteiger partial charge is 0.494 e. The second-order valence-corrected chi connectivity index (χ2v) is 8.22. The minimum atomic E-state index is -0.179. The lowest BCUT2D eigenvalue weighted by molar-refractivity contribution is 0.102. The Morgan fingerprint density at radius 1 is 1.00 bits per heavy atom. The van der Waals surface area contributed by atoms with Crippen LogP contribution in [0.3, 0.4) is 0 Å². The van der Waals surface area contributed by atoms with Gasteiger partial charge in [-0.05, 0) is 56.3 Å². The number of carbonyl (C=O) groups is 1. The van der Waals surface area contributed by atoms with Crippen LogP contribution in [0.15, 0.2) is 65.6 Å². The first-order valence-corrected chi connectivity index (χ1v) is 11.3. The molecule has 1 heterocycles. The molecule has 0 spiro atoms. The van der Waals surface area contributed by atoms with Gasteiger partial charge >= 0.3 is 0 Å². The van der Waals surface area contributed by atoms with Gasteiger partial charge < -0.3 is 19.5 Å². The molecule has 1 aliphatic heterocycles. The molecule has 3 aromatic rings. The van der Waals surface area contributed by atoms with Crippen molar-refractivity contribution in [3.05, 3.63) is 77.4 Å². The Morgan fingerprint density at radius 3 is 2.55 bits per heavy atom. The van der Waals surface area contributed by atoms with E-state index in [1.807, 2.05) is 31.2 Å². The molecule has 0 atom stereocenters. The van der Waals surface area contributed by atoms with Crippen LogP contribution < -0.4 is 19.5 Å². The summed E-state index contributed by atoms with van der Waals surface area (Å²) in [6.07, 6.45) is 0. The number of hydrogen-bond donors (Lipinski definition) is 1. The van der Waals surface area contributed by atoms with E-state index in [-0.39, 0.29) is 5.91 Å². The summed E-state index contributed by atoms with van der Waals surface area (Å²) in [4.78, 5) is 14.1. The minimum absolute atomic E-state index is 0.179. The molecule has 0 aliphatic carbocycles. The Labute approximate surface area is 186 Å². The number of hydrogen-bond acceptors (Lipinski definition) is 5. The fraction of sp³-hybridized carbons (Fsp3) is 0.240. The summed E-state index contributed by atoms with van der Waals surface area (Å²) in [7, 11) is 0. The number of thioether (sulfide) groups is 1. The number of ether oxygens (including phenoxy) is 3. The monoisotopic (exact) mass is 435 g/mol. The highest BCUT2D eigenvalue weighted by Gasteiger charge is 2.15. The van der Waals surface area contributed by atoms with Crippen molar-refractivity contribution in [1.29, 1.82) is 0 Å². The third kappa shape index (κ3) is 5.33. The normalized spacial score (nSPS) is 12.3. The van der Waals surface area contributed by atoms with Crippen molar-refractivity contribution in [2.45, 2.75) is 24.5 Å². The number of aryl methyl sites for hydroxylation is 1. The van der Waals surface area contributed by atoms with E-state index in [1.54, 1.807) is 23.9 Å². The fourth-order valence-electron chi connectivity index (χ4n) is 3.25. The van der Waals surface area contributed by atoms with E-state index in [2.05, 4.69) is 36.5 Å². The molecule has 160 valence electrons. The average molecular weight is 436 g/mol. The lowest BCUT2D eigenvalue weighted by Crippen LogP contribution is -2.16. The van der Waals surface area contributed by atoms with Crippen LogP contribution >= 0.6 is 11.8 Å². The van der Waals surface area contributed by atoms with Gasteiger partial charge in [-0.2, -0.15) is 0 Å². The van der Waals surface area contributed by atoms with Crippen molar-refractivity contribution in [3.8, 4) is 17.2 Å². The summed E-state index contributed by atoms with van der Waals surface area (Å²) in [6, 6.07) is 19.4. The molecule has 0 unspecified atom stereocenters. The highest BCUT2D eigenvalue weighted by atomic mass is 32.2. The van der Waals surface area contributed by atoms with Gasteiger partial charge in [0.05, 0.1) is 6.61 Å². The van der Waals surface area contributed by atoms with Gasteiger partial charge in [0.2, 0.25) is 0 Å². The maximum Gasteiger partial charge on any atom is 0.255 e. The van der Waals surface area contributed by atoms with Crippen molar-refractivity contribution >= 4 is 23.4 Å². The van der Waals surface area contributed by atoms with Gasteiger partial charge in [-0.25, -0.2) is 0 Å². The number of amides is 1. The van der Waals surface area contributed by atoms with E-state index >= 15 is 0 Å². The van der Waals surface area contributed by atoms with Crippen LogP contribution in [0.25, 0.3) is 0 Å². The van der Waals surface area contributed by atoms with E-state index in [0.29, 0.717) is 48.3 Å². The fourth-order valence-corrected chi connectivity index (χ4v) is 4.13. The first kappa shape index (κ1) is 21.1. The van der Waals surface area contributed by atoms with Crippen molar-refractivity contribution in [3.63, 3.8) is 0 Å². The van der Waals surface area contributed by atoms with Crippen LogP contribution in [-0.2, 0) is 5.75 Å². The van der Waals surface area contributed by atoms with Crippen LogP contribution in [0.1, 0.15) is 28.4 Å². The third-order valence-electron chi connectivity index (χ3n) is 4.84. The zero-order chi connectivity index (χ0) is 21.6. The van der Waals surface area contributed by atoms with Gasteiger partial charge in [0.1, 0.15) is 19.0 Å². The third-order valence-corrected chi connectivity index (χ3v) is 5.90. The van der Waals surface area contributed by atoms with Crippen LogP contribution in [0.4, 0.5) is 5.69 Å². The van der Waals surface area contributed by atoms with Gasteiger partial charge in [0.25, 0.3) is 5.91 Å². The Morgan fingerprint density at radius 2 is 1.77 bits per heavy atom. The van der Waals surface area contributed by atoms with Gasteiger partial charge in [-0.3, -0.25) is 4.79 Å². The Hall–Kier alpha value is -3.12. The second kappa shape index (κ2) is 9.79. The predicted molar refractivity (Wildman–Crippen MR) is 124 cm³/mol. The van der Waals surface area contributed by atoms with E-state index in [1.165, 1.54) is 10.5 Å². The lowest BCUT2D eigenvalue weighted by Gasteiger charge is -2.19. The molecule has 4 rings (SSSR count). The maximum absolute atomic E-state index is 12.9. The molecule has 1 N–H and O–H groups in total. The molecular weight excluding hydrogens is 410 g/mol. The quantitative estimate of drug-likeness (QED) is 0.482. The van der Waals surface area contributed by atoms with E-state index in [4.69, 9.17) is 14.2 Å². The van der Waals surface area contributed by atoms with Crippen molar-refractivity contribution in [1.82, 2.24) is 0 Å². The molecule has 6 heteroatoms. The SMILES string of the molecule is CCOc1ccc(C(=O)Nc2ccc3c(c2)OCCO3)cc1CSc1ccc(C)cc1. The predicted octanol–water partition coefficient (Wildman–Crippen LogP) is 5.71. The van der Waals surface area contributed by atoms with E-state index < -0.39 is 0 Å². The number of carbonyl (C=O) groups excluding carboxylic acids is 1. The van der Waals surface area contributed by atoms with Crippen molar-refractivity contribution in [2.24, 2.45) is 0 Å². The molecule has 1 aliphatic rings. The molecule has 0 radical (unpaired) electrons. The average Bonchev–Trinajstić information content (AvgIpc) is 2.79. The van der Waals surface area contributed by atoms with Gasteiger partial charge in [-0.15, -0.1) is 11.8 Å². The lowest BCUT2D eigenvalue weighted by atomic mass is 10.1. The summed E-state index contributed by atoms with van der Waals surface area (Å²) in [5, 5.41) is 2.94. The Balaban J connectivity index is 1.50. The van der Waals surface area contributed by atoms with Crippen molar-refractivity contribution < 1.29 is 19.0 Å². The standard InChI is InChI=1S/C25H25NO4S/c1-3-28-22-10-6-18(14-19(22)16-31-21-8-4-17(2)5-9-21)25(27)26-20-7-11-23-24(15-20)30-13-12-29-23/h4-11,14-15H,3,12-13,16H2,1-2H3,(H,26,27). The molecule has 0 aromatic heterocycles. The molecule has 5 nitrogen and oxygen atoms in total. The van der Waals surface area contributed by atoms with E-state index in [0.717, 1.165) is 11.3 Å². The summed E-state index contributed by atoms with van der Waals surface area (Å²) >= 11 is 1.72.